The molecule has 4 heteroatoms. The van der Waals surface area contributed by atoms with Crippen molar-refractivity contribution in [2.45, 2.75) is 53.4 Å². The molecule has 3 unspecified atom stereocenters. The molecule has 1 N–H and O–H groups in total. The lowest BCUT2D eigenvalue weighted by atomic mass is 10.0. The van der Waals surface area contributed by atoms with Gasteiger partial charge in [0, 0.05) is 13.1 Å². The third kappa shape index (κ3) is 7.36. The smallest absolute Gasteiger partial charge is 0.234 e. The molecule has 0 amide bonds. The summed E-state index contributed by atoms with van der Waals surface area (Å²) >= 11 is -1.82. The maximum absolute atomic E-state index is 11.2. The van der Waals surface area contributed by atoms with Gasteiger partial charge in [0.05, 0.1) is 0 Å². The van der Waals surface area contributed by atoms with Crippen molar-refractivity contribution in [1.82, 2.24) is 4.31 Å². The summed E-state index contributed by atoms with van der Waals surface area (Å²) in [6.45, 7) is 10.0. The third-order valence-corrected chi connectivity index (χ3v) is 3.55. The first-order chi connectivity index (χ1) is 7.51. The average molecular weight is 249 g/mol. The van der Waals surface area contributed by atoms with Crippen LogP contribution in [0, 0.1) is 11.8 Å². The standard InChI is InChI=1S/C12H27NO2S/c1-5-7-11(3)9-13(16(14)15)10-12(4)8-6-2/h11-12H,5-10H2,1-4H3,(H,14,15). The Bertz CT molecular complexity index is 185. The number of nitrogens with zero attached hydrogens (tertiary/aromatic N) is 1. The zero-order valence-corrected chi connectivity index (χ0v) is 11.9. The molecule has 0 aromatic rings. The van der Waals surface area contributed by atoms with Gasteiger partial charge in [-0.2, -0.15) is 0 Å². The van der Waals surface area contributed by atoms with Crippen LogP contribution >= 0.6 is 0 Å². The van der Waals surface area contributed by atoms with E-state index in [-0.39, 0.29) is 0 Å². The molecule has 0 rings (SSSR count). The van der Waals surface area contributed by atoms with Gasteiger partial charge in [0.25, 0.3) is 0 Å². The van der Waals surface area contributed by atoms with E-state index in [9.17, 15) is 8.76 Å². The Balaban J connectivity index is 4.11. The average Bonchev–Trinajstić information content (AvgIpc) is 2.17. The molecule has 0 radical (unpaired) electrons. The molecule has 0 bridgehead atoms. The molecule has 0 aliphatic heterocycles. The molecule has 0 aliphatic carbocycles. The predicted octanol–water partition coefficient (Wildman–Crippen LogP) is 3.30. The molecule has 0 spiro atoms. The normalized spacial score (nSPS) is 17.4. The fraction of sp³-hybridized carbons (Fsp3) is 1.00. The summed E-state index contributed by atoms with van der Waals surface area (Å²) in [5, 5.41) is 0. The lowest BCUT2D eigenvalue weighted by Gasteiger charge is -2.24. The molecule has 3 nitrogen and oxygen atoms in total. The molecular weight excluding hydrogens is 222 g/mol. The molecule has 98 valence electrons. The molecule has 0 heterocycles. The summed E-state index contributed by atoms with van der Waals surface area (Å²) in [5.41, 5.74) is 0. The summed E-state index contributed by atoms with van der Waals surface area (Å²) in [7, 11) is 0. The van der Waals surface area contributed by atoms with Gasteiger partial charge in [0.15, 0.2) is 0 Å². The minimum atomic E-state index is -1.82. The van der Waals surface area contributed by atoms with E-state index in [1.165, 1.54) is 0 Å². The minimum Gasteiger partial charge on any atom is -0.294 e. The largest absolute Gasteiger partial charge is 0.294 e. The first-order valence-corrected chi connectivity index (χ1v) is 7.43. The van der Waals surface area contributed by atoms with Crippen LogP contribution in [-0.2, 0) is 11.3 Å². The van der Waals surface area contributed by atoms with Crippen molar-refractivity contribution in [2.75, 3.05) is 13.1 Å². The number of rotatable bonds is 9. The van der Waals surface area contributed by atoms with E-state index in [0.29, 0.717) is 11.8 Å². The van der Waals surface area contributed by atoms with Gasteiger partial charge >= 0.3 is 0 Å². The van der Waals surface area contributed by atoms with E-state index in [2.05, 4.69) is 27.7 Å². The molecule has 0 saturated carbocycles. The second-order valence-corrected chi connectivity index (χ2v) is 5.84. The van der Waals surface area contributed by atoms with Crippen molar-refractivity contribution in [3.63, 3.8) is 0 Å². The van der Waals surface area contributed by atoms with Gasteiger partial charge in [-0.25, -0.2) is 8.51 Å². The van der Waals surface area contributed by atoms with Crippen LogP contribution in [0.25, 0.3) is 0 Å². The van der Waals surface area contributed by atoms with Crippen molar-refractivity contribution >= 4 is 11.3 Å². The maximum atomic E-state index is 11.2. The minimum absolute atomic E-state index is 0.495. The second kappa shape index (κ2) is 9.14. The number of hydrogen-bond donors (Lipinski definition) is 1. The van der Waals surface area contributed by atoms with Crippen LogP contribution in [0.15, 0.2) is 0 Å². The molecule has 3 atom stereocenters. The molecular formula is C12H27NO2S. The molecule has 0 saturated heterocycles. The lowest BCUT2D eigenvalue weighted by molar-refractivity contribution is 0.294. The summed E-state index contributed by atoms with van der Waals surface area (Å²) in [6, 6.07) is 0. The van der Waals surface area contributed by atoms with E-state index in [1.807, 2.05) is 0 Å². The van der Waals surface area contributed by atoms with Crippen molar-refractivity contribution in [3.05, 3.63) is 0 Å². The molecule has 0 aromatic heterocycles. The lowest BCUT2D eigenvalue weighted by Crippen LogP contribution is -2.34. The van der Waals surface area contributed by atoms with Gasteiger partial charge < -0.3 is 0 Å². The summed E-state index contributed by atoms with van der Waals surface area (Å²) in [6.07, 6.45) is 4.51. The highest BCUT2D eigenvalue weighted by Crippen LogP contribution is 2.13. The first kappa shape index (κ1) is 16.1. The molecule has 16 heavy (non-hydrogen) atoms. The van der Waals surface area contributed by atoms with E-state index in [1.54, 1.807) is 4.31 Å². The van der Waals surface area contributed by atoms with Gasteiger partial charge in [-0.15, -0.1) is 0 Å². The van der Waals surface area contributed by atoms with E-state index >= 15 is 0 Å². The molecule has 0 aromatic carbocycles. The monoisotopic (exact) mass is 249 g/mol. The predicted molar refractivity (Wildman–Crippen MR) is 70.5 cm³/mol. The SMILES string of the molecule is CCCC(C)CN(CC(C)CCC)S(=O)O. The topological polar surface area (TPSA) is 40.5 Å². The van der Waals surface area contributed by atoms with Gasteiger partial charge in [0.2, 0.25) is 11.3 Å². The summed E-state index contributed by atoms with van der Waals surface area (Å²) in [5.74, 6) is 0.991. The molecule has 0 fully saturated rings. The Kier molecular flexibility index (Phi) is 9.18. The highest BCUT2D eigenvalue weighted by Gasteiger charge is 2.17. The van der Waals surface area contributed by atoms with Crippen LogP contribution in [0.1, 0.15) is 53.4 Å². The summed E-state index contributed by atoms with van der Waals surface area (Å²) in [4.78, 5) is 0. The van der Waals surface area contributed by atoms with E-state index in [0.717, 1.165) is 38.8 Å². The van der Waals surface area contributed by atoms with Crippen molar-refractivity contribution in [2.24, 2.45) is 11.8 Å². The zero-order chi connectivity index (χ0) is 12.6. The Morgan fingerprint density at radius 2 is 1.44 bits per heavy atom. The van der Waals surface area contributed by atoms with Crippen LogP contribution in [-0.4, -0.2) is 26.2 Å². The fourth-order valence-corrected chi connectivity index (χ4v) is 2.83. The Morgan fingerprint density at radius 3 is 1.69 bits per heavy atom. The third-order valence-electron chi connectivity index (χ3n) is 2.81. The fourth-order valence-electron chi connectivity index (χ4n) is 2.07. The molecule has 0 aliphatic rings. The first-order valence-electron chi connectivity index (χ1n) is 6.37. The number of hydrogen-bond acceptors (Lipinski definition) is 1. The van der Waals surface area contributed by atoms with Gasteiger partial charge in [-0.3, -0.25) is 4.55 Å². The highest BCUT2D eigenvalue weighted by molar-refractivity contribution is 7.76. The van der Waals surface area contributed by atoms with Crippen molar-refractivity contribution in [3.8, 4) is 0 Å². The summed E-state index contributed by atoms with van der Waals surface area (Å²) < 4.78 is 22.2. The Labute approximate surface area is 103 Å². The second-order valence-electron chi connectivity index (χ2n) is 4.87. The van der Waals surface area contributed by atoms with Gasteiger partial charge in [-0.05, 0) is 24.7 Å². The van der Waals surface area contributed by atoms with E-state index < -0.39 is 11.3 Å². The van der Waals surface area contributed by atoms with Crippen LogP contribution in [0.2, 0.25) is 0 Å². The van der Waals surface area contributed by atoms with Crippen molar-refractivity contribution < 1.29 is 8.76 Å². The Hall–Kier alpha value is 0.0700. The highest BCUT2D eigenvalue weighted by atomic mass is 32.2. The van der Waals surface area contributed by atoms with Gasteiger partial charge in [0.1, 0.15) is 0 Å². The maximum Gasteiger partial charge on any atom is 0.234 e. The van der Waals surface area contributed by atoms with Crippen LogP contribution in [0.4, 0.5) is 0 Å². The van der Waals surface area contributed by atoms with Gasteiger partial charge in [-0.1, -0.05) is 40.5 Å². The van der Waals surface area contributed by atoms with Crippen molar-refractivity contribution in [1.29, 1.82) is 0 Å². The zero-order valence-electron chi connectivity index (χ0n) is 11.1. The van der Waals surface area contributed by atoms with Crippen LogP contribution in [0.3, 0.4) is 0 Å². The quantitative estimate of drug-likeness (QED) is 0.637. The van der Waals surface area contributed by atoms with E-state index in [4.69, 9.17) is 0 Å². The van der Waals surface area contributed by atoms with Crippen LogP contribution < -0.4 is 0 Å². The van der Waals surface area contributed by atoms with Crippen LogP contribution in [0.5, 0.6) is 0 Å². The Morgan fingerprint density at radius 1 is 1.06 bits per heavy atom.